The number of nitrogens with zero attached hydrogens (tertiary/aromatic N) is 3. The van der Waals surface area contributed by atoms with Crippen LogP contribution < -0.4 is 5.56 Å². The first kappa shape index (κ1) is 20.4. The Bertz CT molecular complexity index is 1150. The van der Waals surface area contributed by atoms with Gasteiger partial charge in [-0.15, -0.1) is 11.3 Å². The summed E-state index contributed by atoms with van der Waals surface area (Å²) in [4.78, 5) is 34.9. The molecule has 2 aliphatic heterocycles. The van der Waals surface area contributed by atoms with Gasteiger partial charge in [0.1, 0.15) is 4.83 Å². The number of aromatic nitrogens is 2. The predicted octanol–water partition coefficient (Wildman–Crippen LogP) is 3.72. The molecule has 1 fully saturated rings. The lowest BCUT2D eigenvalue weighted by Crippen LogP contribution is -2.38. The Morgan fingerprint density at radius 1 is 1.32 bits per heavy atom. The van der Waals surface area contributed by atoms with E-state index in [-0.39, 0.29) is 23.5 Å². The number of carbonyl (C=O) groups excluding carboxylic acids is 1. The van der Waals surface area contributed by atoms with Gasteiger partial charge in [-0.3, -0.25) is 14.2 Å². The summed E-state index contributed by atoms with van der Waals surface area (Å²) in [6.45, 7) is 4.59. The summed E-state index contributed by atoms with van der Waals surface area (Å²) >= 11 is 1.55. The largest absolute Gasteiger partial charge is 0.376 e. The second kappa shape index (κ2) is 8.55. The Balaban J connectivity index is 1.41. The molecule has 2 aromatic heterocycles. The zero-order valence-corrected chi connectivity index (χ0v) is 18.6. The lowest BCUT2D eigenvalue weighted by atomic mass is 9.94. The summed E-state index contributed by atoms with van der Waals surface area (Å²) in [6.07, 6.45) is 5.27. The molecule has 0 N–H and O–H groups in total. The van der Waals surface area contributed by atoms with Gasteiger partial charge in [0.05, 0.1) is 36.8 Å². The zero-order chi connectivity index (χ0) is 21.4. The molecule has 6 nitrogen and oxygen atoms in total. The van der Waals surface area contributed by atoms with Gasteiger partial charge in [-0.05, 0) is 36.8 Å². The molecule has 0 bridgehead atoms. The first-order valence-electron chi connectivity index (χ1n) is 11.1. The van der Waals surface area contributed by atoms with Gasteiger partial charge in [0.2, 0.25) is 5.91 Å². The maximum Gasteiger partial charge on any atom is 0.262 e. The fourth-order valence-electron chi connectivity index (χ4n) is 4.80. The Labute approximate surface area is 185 Å². The average molecular weight is 438 g/mol. The number of thiophene rings is 1. The van der Waals surface area contributed by atoms with Crippen LogP contribution in [0.1, 0.15) is 48.1 Å². The van der Waals surface area contributed by atoms with Crippen molar-refractivity contribution in [2.75, 3.05) is 13.2 Å². The van der Waals surface area contributed by atoms with Gasteiger partial charge >= 0.3 is 0 Å². The van der Waals surface area contributed by atoms with Crippen molar-refractivity contribution in [3.05, 3.63) is 63.0 Å². The lowest BCUT2D eigenvalue weighted by molar-refractivity contribution is -0.133. The summed E-state index contributed by atoms with van der Waals surface area (Å²) in [5, 5.41) is 0.739. The van der Waals surface area contributed by atoms with Gasteiger partial charge in [0, 0.05) is 18.0 Å². The third kappa shape index (κ3) is 3.81. The van der Waals surface area contributed by atoms with Gasteiger partial charge < -0.3 is 9.64 Å². The molecule has 0 saturated carbocycles. The number of fused-ring (bicyclic) bond motifs is 3. The number of carbonyl (C=O) groups is 1. The van der Waals surface area contributed by atoms with Crippen LogP contribution in [0.4, 0.5) is 0 Å². The van der Waals surface area contributed by atoms with Gasteiger partial charge in [-0.2, -0.15) is 0 Å². The fraction of sp³-hybridized carbons (Fsp3) is 0.458. The minimum atomic E-state index is -0.126. The van der Waals surface area contributed by atoms with Crippen LogP contribution in [0.3, 0.4) is 0 Å². The quantitative estimate of drug-likeness (QED) is 0.610. The number of hydrogen-bond donors (Lipinski definition) is 0. The summed E-state index contributed by atoms with van der Waals surface area (Å²) in [5.41, 5.74) is 2.17. The SMILES string of the molecule is CCC(C(=O)N1CCc2c(sc3ncn(CC4CCCO4)c(=O)c23)C1)c1ccccc1. The molecule has 4 heterocycles. The molecular weight excluding hydrogens is 410 g/mol. The van der Waals surface area contributed by atoms with Crippen molar-refractivity contribution in [1.29, 1.82) is 0 Å². The number of rotatable bonds is 5. The standard InChI is InChI=1S/C24H27N3O3S/c1-2-18(16-7-4-3-5-8-16)23(28)26-11-10-19-20(14-26)31-22-21(19)24(29)27(15-25-22)13-17-9-6-12-30-17/h3-5,7-8,15,17-18H,2,6,9-14H2,1H3. The lowest BCUT2D eigenvalue weighted by Gasteiger charge is -2.30. The molecule has 3 aromatic rings. The van der Waals surface area contributed by atoms with Gasteiger partial charge in [-0.25, -0.2) is 4.98 Å². The maximum atomic E-state index is 13.3. The van der Waals surface area contributed by atoms with E-state index in [1.54, 1.807) is 22.2 Å². The molecule has 0 aliphatic carbocycles. The molecule has 2 aliphatic rings. The van der Waals surface area contributed by atoms with Gasteiger partial charge in [0.25, 0.3) is 5.56 Å². The molecule has 1 amide bonds. The van der Waals surface area contributed by atoms with Crippen LogP contribution in [0.5, 0.6) is 0 Å². The summed E-state index contributed by atoms with van der Waals surface area (Å²) < 4.78 is 7.40. The zero-order valence-electron chi connectivity index (χ0n) is 17.8. The van der Waals surface area contributed by atoms with E-state index < -0.39 is 0 Å². The van der Waals surface area contributed by atoms with Crippen molar-refractivity contribution in [3.63, 3.8) is 0 Å². The summed E-state index contributed by atoms with van der Waals surface area (Å²) in [5.74, 6) is 0.0412. The van der Waals surface area contributed by atoms with Crippen LogP contribution in [-0.2, 0) is 29.0 Å². The predicted molar refractivity (Wildman–Crippen MR) is 121 cm³/mol. The van der Waals surface area contributed by atoms with E-state index in [1.165, 1.54) is 0 Å². The molecule has 5 rings (SSSR count). The molecule has 31 heavy (non-hydrogen) atoms. The highest BCUT2D eigenvalue weighted by atomic mass is 32.1. The van der Waals surface area contributed by atoms with Gasteiger partial charge in [0.15, 0.2) is 0 Å². The Morgan fingerprint density at radius 3 is 2.90 bits per heavy atom. The normalized spacial score (nSPS) is 19.5. The van der Waals surface area contributed by atoms with Crippen LogP contribution >= 0.6 is 11.3 Å². The van der Waals surface area contributed by atoms with Crippen molar-refractivity contribution in [2.24, 2.45) is 0 Å². The van der Waals surface area contributed by atoms with E-state index in [0.29, 0.717) is 26.1 Å². The number of hydrogen-bond acceptors (Lipinski definition) is 5. The maximum absolute atomic E-state index is 13.3. The van der Waals surface area contributed by atoms with Crippen molar-refractivity contribution in [3.8, 4) is 0 Å². The topological polar surface area (TPSA) is 64.4 Å². The molecular formula is C24H27N3O3S. The van der Waals surface area contributed by atoms with E-state index in [9.17, 15) is 9.59 Å². The third-order valence-corrected chi connectivity index (χ3v) is 7.60. The molecule has 2 atom stereocenters. The van der Waals surface area contributed by atoms with E-state index in [2.05, 4.69) is 11.9 Å². The van der Waals surface area contributed by atoms with Gasteiger partial charge in [-0.1, -0.05) is 37.3 Å². The highest BCUT2D eigenvalue weighted by molar-refractivity contribution is 7.18. The third-order valence-electron chi connectivity index (χ3n) is 6.47. The van der Waals surface area contributed by atoms with Crippen molar-refractivity contribution >= 4 is 27.5 Å². The molecule has 1 saturated heterocycles. The van der Waals surface area contributed by atoms with Crippen LogP contribution in [-0.4, -0.2) is 39.6 Å². The Kier molecular flexibility index (Phi) is 5.63. The minimum absolute atomic E-state index is 0.0218. The number of amides is 1. The molecule has 7 heteroatoms. The van der Waals surface area contributed by atoms with E-state index in [1.807, 2.05) is 35.2 Å². The molecule has 1 aromatic carbocycles. The monoisotopic (exact) mass is 437 g/mol. The summed E-state index contributed by atoms with van der Waals surface area (Å²) in [7, 11) is 0. The fourth-order valence-corrected chi connectivity index (χ4v) is 6.00. The highest BCUT2D eigenvalue weighted by Crippen LogP contribution is 2.34. The first-order chi connectivity index (χ1) is 15.2. The summed E-state index contributed by atoms with van der Waals surface area (Å²) in [6, 6.07) is 10.0. The molecule has 162 valence electrons. The van der Waals surface area contributed by atoms with E-state index >= 15 is 0 Å². The van der Waals surface area contributed by atoms with Crippen molar-refractivity contribution < 1.29 is 9.53 Å². The van der Waals surface area contributed by atoms with Crippen LogP contribution in [0, 0.1) is 0 Å². The van der Waals surface area contributed by atoms with Crippen LogP contribution in [0.2, 0.25) is 0 Å². The van der Waals surface area contributed by atoms with Crippen molar-refractivity contribution in [1.82, 2.24) is 14.5 Å². The second-order valence-corrected chi connectivity index (χ2v) is 9.49. The smallest absolute Gasteiger partial charge is 0.262 e. The number of benzene rings is 1. The highest BCUT2D eigenvalue weighted by Gasteiger charge is 2.30. The Hall–Kier alpha value is -2.51. The van der Waals surface area contributed by atoms with E-state index in [0.717, 1.165) is 52.1 Å². The van der Waals surface area contributed by atoms with E-state index in [4.69, 9.17) is 4.74 Å². The minimum Gasteiger partial charge on any atom is -0.376 e. The molecule has 0 spiro atoms. The van der Waals surface area contributed by atoms with Crippen molar-refractivity contribution in [2.45, 2.75) is 57.7 Å². The first-order valence-corrected chi connectivity index (χ1v) is 11.9. The number of ether oxygens (including phenoxy) is 1. The molecule has 0 radical (unpaired) electrons. The average Bonchev–Trinajstić information content (AvgIpc) is 3.44. The second-order valence-electron chi connectivity index (χ2n) is 8.40. The van der Waals surface area contributed by atoms with Crippen LogP contribution in [0.15, 0.2) is 41.5 Å². The Morgan fingerprint density at radius 2 is 2.16 bits per heavy atom. The molecule has 2 unspecified atom stereocenters. The van der Waals surface area contributed by atoms with Crippen LogP contribution in [0.25, 0.3) is 10.2 Å².